The van der Waals surface area contributed by atoms with Gasteiger partial charge >= 0.3 is 0 Å². The Morgan fingerprint density at radius 2 is 1.08 bits per heavy atom. The molecule has 2 aromatic carbocycles. The fourth-order valence-electron chi connectivity index (χ4n) is 6.80. The summed E-state index contributed by atoms with van der Waals surface area (Å²) in [4.78, 5) is 0. The van der Waals surface area contributed by atoms with Gasteiger partial charge in [-0.05, 0) is 97.3 Å². The van der Waals surface area contributed by atoms with Crippen molar-refractivity contribution in [2.75, 3.05) is 0 Å². The maximum Gasteiger partial charge on any atom is -0.0162 e. The average Bonchev–Trinajstić information content (AvgIpc) is 2.94. The molecule has 0 amide bonds. The van der Waals surface area contributed by atoms with E-state index in [9.17, 15) is 0 Å². The molecule has 0 spiro atoms. The molecule has 0 nitrogen and oxygen atoms in total. The molecule has 0 N–H and O–H groups in total. The van der Waals surface area contributed by atoms with Crippen LogP contribution in [0.4, 0.5) is 0 Å². The SMILES string of the molecule is CCCCC[C@H]1CC[C@H](/C=C/c2ccc(-c3ccc([C@H]4CC[C@H](CCCCC)CC4)cc3)cc2)CC1. The smallest absolute Gasteiger partial charge is 0.0162 e. The van der Waals surface area contributed by atoms with Gasteiger partial charge in [-0.2, -0.15) is 0 Å². The van der Waals surface area contributed by atoms with Gasteiger partial charge in [0.2, 0.25) is 0 Å². The summed E-state index contributed by atoms with van der Waals surface area (Å²) in [6.07, 6.45) is 27.5. The van der Waals surface area contributed by atoms with Gasteiger partial charge in [-0.25, -0.2) is 0 Å². The summed E-state index contributed by atoms with van der Waals surface area (Å²) in [5.74, 6) is 3.55. The average molecular weight is 485 g/mol. The molecule has 0 bridgehead atoms. The Labute approximate surface area is 223 Å². The topological polar surface area (TPSA) is 0 Å². The minimum atomic E-state index is 0.778. The molecular formula is C36H52. The van der Waals surface area contributed by atoms with Crippen LogP contribution in [0, 0.1) is 17.8 Å². The van der Waals surface area contributed by atoms with Crippen LogP contribution in [0.3, 0.4) is 0 Å². The molecule has 196 valence electrons. The quantitative estimate of drug-likeness (QED) is 0.263. The van der Waals surface area contributed by atoms with E-state index in [1.165, 1.54) is 119 Å². The fraction of sp³-hybridized carbons (Fsp3) is 0.611. The predicted octanol–water partition coefficient (Wildman–Crippen LogP) is 11.6. The first-order valence-corrected chi connectivity index (χ1v) is 15.6. The maximum absolute atomic E-state index is 2.49. The third kappa shape index (κ3) is 8.36. The van der Waals surface area contributed by atoms with Crippen LogP contribution in [-0.4, -0.2) is 0 Å². The van der Waals surface area contributed by atoms with Crippen LogP contribution >= 0.6 is 0 Å². The molecule has 0 saturated heterocycles. The number of allylic oxidation sites excluding steroid dienone is 1. The van der Waals surface area contributed by atoms with Crippen LogP contribution in [0.2, 0.25) is 0 Å². The second-order valence-electron chi connectivity index (χ2n) is 12.1. The highest BCUT2D eigenvalue weighted by Crippen LogP contribution is 2.38. The largest absolute Gasteiger partial charge is 0.0808 e. The standard InChI is InChI=1S/C36H52/c1-3-5-7-9-29-11-13-31(14-12-29)15-16-32-19-23-34(24-20-32)36-27-25-35(26-28-36)33-21-17-30(18-22-33)10-8-6-4-2/h15-16,19-20,23-31,33H,3-14,17-18,21-22H2,1-2H3/b16-15+/t29-,30-,31-,33-. The Bertz CT molecular complexity index is 871. The van der Waals surface area contributed by atoms with Gasteiger partial charge in [0, 0.05) is 0 Å². The van der Waals surface area contributed by atoms with Gasteiger partial charge in [-0.15, -0.1) is 0 Å². The summed E-state index contributed by atoms with van der Waals surface area (Å²) in [7, 11) is 0. The summed E-state index contributed by atoms with van der Waals surface area (Å²) in [5.41, 5.74) is 5.59. The number of hydrogen-bond donors (Lipinski definition) is 0. The molecule has 0 radical (unpaired) electrons. The molecule has 0 unspecified atom stereocenters. The van der Waals surface area contributed by atoms with E-state index in [4.69, 9.17) is 0 Å². The van der Waals surface area contributed by atoms with Crippen LogP contribution in [-0.2, 0) is 0 Å². The van der Waals surface area contributed by atoms with Gasteiger partial charge < -0.3 is 0 Å². The number of rotatable bonds is 12. The van der Waals surface area contributed by atoms with E-state index in [0.29, 0.717) is 0 Å². The maximum atomic E-state index is 2.49. The lowest BCUT2D eigenvalue weighted by atomic mass is 9.77. The molecule has 2 aliphatic carbocycles. The van der Waals surface area contributed by atoms with Crippen LogP contribution < -0.4 is 0 Å². The predicted molar refractivity (Wildman–Crippen MR) is 159 cm³/mol. The highest BCUT2D eigenvalue weighted by Gasteiger charge is 2.22. The van der Waals surface area contributed by atoms with E-state index in [-0.39, 0.29) is 0 Å². The summed E-state index contributed by atoms with van der Waals surface area (Å²) < 4.78 is 0. The van der Waals surface area contributed by atoms with Crippen molar-refractivity contribution in [1.29, 1.82) is 0 Å². The summed E-state index contributed by atoms with van der Waals surface area (Å²) in [5, 5.41) is 0. The molecule has 2 fully saturated rings. The molecule has 2 aromatic rings. The third-order valence-corrected chi connectivity index (χ3v) is 9.36. The van der Waals surface area contributed by atoms with Crippen molar-refractivity contribution in [2.24, 2.45) is 17.8 Å². The Hall–Kier alpha value is -1.82. The van der Waals surface area contributed by atoms with Gasteiger partial charge in [0.05, 0.1) is 0 Å². The summed E-state index contributed by atoms with van der Waals surface area (Å²) >= 11 is 0. The zero-order valence-corrected chi connectivity index (χ0v) is 23.4. The molecular weight excluding hydrogens is 432 g/mol. The van der Waals surface area contributed by atoms with E-state index < -0.39 is 0 Å². The highest BCUT2D eigenvalue weighted by molar-refractivity contribution is 5.66. The first-order chi connectivity index (χ1) is 17.7. The molecule has 2 saturated carbocycles. The van der Waals surface area contributed by atoms with E-state index in [0.717, 1.165) is 23.7 Å². The van der Waals surface area contributed by atoms with Gasteiger partial charge in [-0.3, -0.25) is 0 Å². The molecule has 0 atom stereocenters. The lowest BCUT2D eigenvalue weighted by molar-refractivity contribution is 0.290. The summed E-state index contributed by atoms with van der Waals surface area (Å²) in [6.45, 7) is 4.62. The van der Waals surface area contributed by atoms with Crippen molar-refractivity contribution in [2.45, 2.75) is 122 Å². The Morgan fingerprint density at radius 3 is 1.61 bits per heavy atom. The molecule has 0 heterocycles. The molecule has 2 aliphatic rings. The molecule has 36 heavy (non-hydrogen) atoms. The molecule has 0 aliphatic heterocycles. The third-order valence-electron chi connectivity index (χ3n) is 9.36. The first kappa shape index (κ1) is 27.2. The monoisotopic (exact) mass is 484 g/mol. The minimum Gasteiger partial charge on any atom is -0.0808 e. The number of hydrogen-bond acceptors (Lipinski definition) is 0. The van der Waals surface area contributed by atoms with Crippen molar-refractivity contribution in [3.05, 3.63) is 65.7 Å². The van der Waals surface area contributed by atoms with Gasteiger partial charge in [0.25, 0.3) is 0 Å². The van der Waals surface area contributed by atoms with Crippen LogP contribution in [0.1, 0.15) is 134 Å². The number of unbranched alkanes of at least 4 members (excludes halogenated alkanes) is 4. The van der Waals surface area contributed by atoms with Crippen molar-refractivity contribution >= 4 is 6.08 Å². The molecule has 0 aromatic heterocycles. The second-order valence-corrected chi connectivity index (χ2v) is 12.1. The fourth-order valence-corrected chi connectivity index (χ4v) is 6.80. The van der Waals surface area contributed by atoms with Crippen LogP contribution in [0.15, 0.2) is 54.6 Å². The van der Waals surface area contributed by atoms with Crippen LogP contribution in [0.25, 0.3) is 17.2 Å². The van der Waals surface area contributed by atoms with Crippen molar-refractivity contribution in [1.82, 2.24) is 0 Å². The second kappa shape index (κ2) is 14.8. The zero-order chi connectivity index (χ0) is 25.0. The van der Waals surface area contributed by atoms with Crippen molar-refractivity contribution in [3.8, 4) is 11.1 Å². The van der Waals surface area contributed by atoms with E-state index in [1.54, 1.807) is 5.56 Å². The van der Waals surface area contributed by atoms with Crippen molar-refractivity contribution in [3.63, 3.8) is 0 Å². The summed E-state index contributed by atoms with van der Waals surface area (Å²) in [6, 6.07) is 18.7. The molecule has 4 rings (SSSR count). The van der Waals surface area contributed by atoms with Crippen molar-refractivity contribution < 1.29 is 0 Å². The Kier molecular flexibility index (Phi) is 11.2. The Morgan fingerprint density at radius 1 is 0.583 bits per heavy atom. The van der Waals surface area contributed by atoms with E-state index >= 15 is 0 Å². The highest BCUT2D eigenvalue weighted by atomic mass is 14.3. The number of benzene rings is 2. The first-order valence-electron chi connectivity index (χ1n) is 15.6. The molecule has 0 heteroatoms. The lowest BCUT2D eigenvalue weighted by Crippen LogP contribution is -2.13. The Balaban J connectivity index is 1.22. The van der Waals surface area contributed by atoms with Gasteiger partial charge in [0.15, 0.2) is 0 Å². The minimum absolute atomic E-state index is 0.778. The van der Waals surface area contributed by atoms with E-state index in [1.807, 2.05) is 0 Å². The van der Waals surface area contributed by atoms with Crippen LogP contribution in [0.5, 0.6) is 0 Å². The lowest BCUT2D eigenvalue weighted by Gasteiger charge is -2.29. The van der Waals surface area contributed by atoms with Gasteiger partial charge in [0.1, 0.15) is 0 Å². The normalized spacial score (nSPS) is 24.8. The zero-order valence-electron chi connectivity index (χ0n) is 23.4. The van der Waals surface area contributed by atoms with E-state index in [2.05, 4.69) is 74.5 Å². The van der Waals surface area contributed by atoms with Gasteiger partial charge in [-0.1, -0.05) is 126 Å².